The van der Waals surface area contributed by atoms with Crippen LogP contribution < -0.4 is 4.18 Å². The van der Waals surface area contributed by atoms with Gasteiger partial charge in [0.05, 0.1) is 0 Å². The minimum Gasteiger partial charge on any atom is -0.379 e. The molecule has 0 radical (unpaired) electrons. The van der Waals surface area contributed by atoms with Crippen molar-refractivity contribution >= 4 is 20.6 Å². The molecule has 0 amide bonds. The van der Waals surface area contributed by atoms with E-state index in [1.54, 1.807) is 60.7 Å². The van der Waals surface area contributed by atoms with Crippen molar-refractivity contribution in [3.63, 3.8) is 0 Å². The topological polar surface area (TPSA) is 89.9 Å². The maximum Gasteiger partial charge on any atom is 0.388 e. The normalized spacial score (nSPS) is 13.5. The molecule has 0 aromatic heterocycles. The molecule has 0 bridgehead atoms. The van der Waals surface area contributed by atoms with E-state index < -0.39 is 20.6 Å². The Hall–Kier alpha value is -2.52. The van der Waals surface area contributed by atoms with Crippen LogP contribution in [-0.2, 0) is 35.4 Å². The lowest BCUT2D eigenvalue weighted by atomic mass is 10.1. The predicted molar refractivity (Wildman–Crippen MR) is 120 cm³/mol. The monoisotopic (exact) mass is 461 g/mol. The molecular formula is C23H25O6S2+. The molecule has 164 valence electrons. The van der Waals surface area contributed by atoms with Gasteiger partial charge in [-0.05, 0) is 72.9 Å². The number of hydrogen-bond donors (Lipinski definition) is 1. The fraction of sp³-hybridized carbons (Fsp3) is 0.217. The third-order valence-electron chi connectivity index (χ3n) is 4.61. The summed E-state index contributed by atoms with van der Waals surface area (Å²) in [7, 11) is -7.41. The van der Waals surface area contributed by atoms with Crippen LogP contribution in [0.25, 0.3) is 0 Å². The third kappa shape index (κ3) is 6.48. The summed E-state index contributed by atoms with van der Waals surface area (Å²) in [6, 6.07) is 19.8. The highest BCUT2D eigenvalue weighted by atomic mass is 32.3. The van der Waals surface area contributed by atoms with E-state index in [9.17, 15) is 17.2 Å². The zero-order valence-corrected chi connectivity index (χ0v) is 19.0. The van der Waals surface area contributed by atoms with Crippen LogP contribution in [0.15, 0.2) is 82.6 Å². The Balaban J connectivity index is 1.51. The summed E-state index contributed by atoms with van der Waals surface area (Å²) < 4.78 is 57.4. The molecule has 0 aliphatic rings. The van der Waals surface area contributed by atoms with E-state index in [-0.39, 0.29) is 22.1 Å². The van der Waals surface area contributed by atoms with Gasteiger partial charge in [0, 0.05) is 0 Å². The quantitative estimate of drug-likeness (QED) is 0.275. The second-order valence-electron chi connectivity index (χ2n) is 7.21. The first-order valence-corrected chi connectivity index (χ1v) is 12.6. The highest BCUT2D eigenvalue weighted by Gasteiger charge is 2.30. The summed E-state index contributed by atoms with van der Waals surface area (Å²) in [6.07, 6.45) is 1.14. The summed E-state index contributed by atoms with van der Waals surface area (Å²) in [4.78, 5) is 0.342. The van der Waals surface area contributed by atoms with Gasteiger partial charge < -0.3 is 4.18 Å². The summed E-state index contributed by atoms with van der Waals surface area (Å²) in [5.74, 6) is 0.221. The fourth-order valence-electron chi connectivity index (χ4n) is 2.82. The lowest BCUT2D eigenvalue weighted by molar-refractivity contribution is 0.275. The number of hydrogen-bond acceptors (Lipinski definition) is 5. The van der Waals surface area contributed by atoms with Gasteiger partial charge in [-0.15, -0.1) is 4.18 Å². The lowest BCUT2D eigenvalue weighted by Gasteiger charge is -2.08. The van der Waals surface area contributed by atoms with Crippen LogP contribution in [0.5, 0.6) is 5.75 Å². The van der Waals surface area contributed by atoms with Crippen molar-refractivity contribution in [1.29, 1.82) is 0 Å². The average Bonchev–Trinajstić information content (AvgIpc) is 2.73. The van der Waals surface area contributed by atoms with Gasteiger partial charge in [-0.1, -0.05) is 47.5 Å². The van der Waals surface area contributed by atoms with E-state index in [2.05, 4.69) is 0 Å². The van der Waals surface area contributed by atoms with E-state index in [1.807, 2.05) is 13.8 Å². The maximum atomic E-state index is 12.3. The smallest absolute Gasteiger partial charge is 0.379 e. The molecule has 0 saturated carbocycles. The van der Waals surface area contributed by atoms with Gasteiger partial charge in [0.1, 0.15) is 17.3 Å². The third-order valence-corrected chi connectivity index (χ3v) is 7.23. The molecule has 0 fully saturated rings. The van der Waals surface area contributed by atoms with Gasteiger partial charge in [-0.25, -0.2) is 0 Å². The SMILES string of the molecule is Cc1ccc(S(=O)(=O)Oc2ccc(CCCO[S+](=O)(O)c3ccc(C)cc3)cc2)cc1. The van der Waals surface area contributed by atoms with Crippen molar-refractivity contribution in [3.8, 4) is 5.75 Å². The molecule has 31 heavy (non-hydrogen) atoms. The number of aryl methyl sites for hydroxylation is 3. The number of benzene rings is 3. The first-order chi connectivity index (χ1) is 14.7. The molecular weight excluding hydrogens is 436 g/mol. The molecule has 3 aromatic rings. The van der Waals surface area contributed by atoms with Crippen LogP contribution in [0.1, 0.15) is 23.1 Å². The molecule has 8 heteroatoms. The first kappa shape index (κ1) is 23.1. The van der Waals surface area contributed by atoms with Gasteiger partial charge in [-0.2, -0.15) is 13.0 Å². The van der Waals surface area contributed by atoms with Crippen LogP contribution in [0.3, 0.4) is 0 Å². The standard InChI is InChI=1S/C23H24O6S2/c1-18-5-13-22(14-6-18)30(24,25)28-17-3-4-20-9-11-21(12-10-20)29-31(26,27)23-15-7-19(2)8-16-23/h5-16H,3-4,17H2,1-2H3/p+1. The summed E-state index contributed by atoms with van der Waals surface area (Å²) in [5, 5.41) is 0. The lowest BCUT2D eigenvalue weighted by Crippen LogP contribution is -2.15. The van der Waals surface area contributed by atoms with Crippen molar-refractivity contribution in [2.75, 3.05) is 6.61 Å². The molecule has 0 spiro atoms. The maximum absolute atomic E-state index is 12.3. The Morgan fingerprint density at radius 2 is 1.39 bits per heavy atom. The fourth-order valence-corrected chi connectivity index (χ4v) is 4.71. The second-order valence-corrected chi connectivity index (χ2v) is 10.4. The van der Waals surface area contributed by atoms with Crippen molar-refractivity contribution in [1.82, 2.24) is 0 Å². The van der Waals surface area contributed by atoms with Crippen molar-refractivity contribution in [2.24, 2.45) is 0 Å². The summed E-state index contributed by atoms with van der Waals surface area (Å²) >= 11 is 0. The zero-order chi connectivity index (χ0) is 22.5. The molecule has 1 unspecified atom stereocenters. The molecule has 0 saturated heterocycles. The largest absolute Gasteiger partial charge is 0.388 e. The van der Waals surface area contributed by atoms with Crippen molar-refractivity contribution in [2.45, 2.75) is 36.5 Å². The first-order valence-electron chi connectivity index (χ1n) is 9.73. The van der Waals surface area contributed by atoms with E-state index in [0.29, 0.717) is 12.8 Å². The van der Waals surface area contributed by atoms with Crippen LogP contribution in [0.2, 0.25) is 0 Å². The Bertz CT molecular complexity index is 1150. The van der Waals surface area contributed by atoms with Crippen LogP contribution in [0.4, 0.5) is 0 Å². The van der Waals surface area contributed by atoms with E-state index in [0.717, 1.165) is 16.7 Å². The average molecular weight is 462 g/mol. The van der Waals surface area contributed by atoms with E-state index in [4.69, 9.17) is 8.37 Å². The van der Waals surface area contributed by atoms with Crippen LogP contribution >= 0.6 is 0 Å². The van der Waals surface area contributed by atoms with Crippen molar-refractivity contribution < 1.29 is 25.5 Å². The van der Waals surface area contributed by atoms with Crippen LogP contribution in [-0.4, -0.2) is 19.6 Å². The Labute approximate surface area is 184 Å². The molecule has 1 atom stereocenters. The Morgan fingerprint density at radius 3 is 1.97 bits per heavy atom. The molecule has 0 aliphatic heterocycles. The van der Waals surface area contributed by atoms with Gasteiger partial charge in [0.2, 0.25) is 4.90 Å². The molecule has 0 aliphatic carbocycles. The van der Waals surface area contributed by atoms with Gasteiger partial charge >= 0.3 is 20.6 Å². The highest BCUT2D eigenvalue weighted by Crippen LogP contribution is 2.21. The van der Waals surface area contributed by atoms with Gasteiger partial charge in [-0.3, -0.25) is 0 Å². The zero-order valence-electron chi connectivity index (χ0n) is 17.4. The molecule has 3 aromatic carbocycles. The molecule has 3 rings (SSSR count). The van der Waals surface area contributed by atoms with E-state index in [1.165, 1.54) is 12.1 Å². The summed E-state index contributed by atoms with van der Waals surface area (Å²) in [5.41, 5.74) is 2.89. The van der Waals surface area contributed by atoms with Crippen molar-refractivity contribution in [3.05, 3.63) is 89.5 Å². The Morgan fingerprint density at radius 1 is 0.839 bits per heavy atom. The number of rotatable bonds is 9. The minimum absolute atomic E-state index is 0.0977. The molecule has 6 nitrogen and oxygen atoms in total. The summed E-state index contributed by atoms with van der Waals surface area (Å²) in [6.45, 7) is 3.89. The van der Waals surface area contributed by atoms with E-state index >= 15 is 0 Å². The highest BCUT2D eigenvalue weighted by molar-refractivity contribution is 7.93. The minimum atomic E-state index is -3.89. The van der Waals surface area contributed by atoms with Gasteiger partial charge in [0.25, 0.3) is 0 Å². The Kier molecular flexibility index (Phi) is 7.27. The molecule has 1 N–H and O–H groups in total. The molecule has 0 heterocycles. The van der Waals surface area contributed by atoms with Gasteiger partial charge in [0.15, 0.2) is 0 Å². The predicted octanol–water partition coefficient (Wildman–Crippen LogP) is 4.97. The van der Waals surface area contributed by atoms with Crippen LogP contribution in [0, 0.1) is 13.8 Å². The second kappa shape index (κ2) is 9.74.